The molecule has 0 spiro atoms. The standard InChI is InChI=1S/C7H7ClOS/c1-6-3-2-4-7(5-6)9-10-8/h2-5H,1H3. The van der Waals surface area contributed by atoms with Crippen LogP contribution in [-0.4, -0.2) is 0 Å². The molecule has 0 heterocycles. The van der Waals surface area contributed by atoms with Crippen LogP contribution in [0.15, 0.2) is 24.3 Å². The van der Waals surface area contributed by atoms with Gasteiger partial charge in [-0.1, -0.05) is 12.1 Å². The van der Waals surface area contributed by atoms with Crippen LogP contribution in [-0.2, 0) is 0 Å². The van der Waals surface area contributed by atoms with Crippen LogP contribution >= 0.6 is 21.9 Å². The van der Waals surface area contributed by atoms with Gasteiger partial charge in [-0.25, -0.2) is 0 Å². The Hall–Kier alpha value is -0.340. The van der Waals surface area contributed by atoms with E-state index < -0.39 is 0 Å². The highest BCUT2D eigenvalue weighted by Gasteiger charge is 1.91. The lowest BCUT2D eigenvalue weighted by Crippen LogP contribution is -1.77. The molecule has 0 aliphatic rings. The Morgan fingerprint density at radius 3 is 2.90 bits per heavy atom. The molecule has 0 atom stereocenters. The van der Waals surface area contributed by atoms with Gasteiger partial charge in [0.25, 0.3) is 0 Å². The van der Waals surface area contributed by atoms with Gasteiger partial charge in [0.15, 0.2) is 11.3 Å². The fourth-order valence-corrected chi connectivity index (χ4v) is 1.10. The predicted molar refractivity (Wildman–Crippen MR) is 45.3 cm³/mol. The highest BCUT2D eigenvalue weighted by molar-refractivity contribution is 8.17. The average molecular weight is 175 g/mol. The topological polar surface area (TPSA) is 9.23 Å². The fourth-order valence-electron chi connectivity index (χ4n) is 0.704. The summed E-state index contributed by atoms with van der Waals surface area (Å²) < 4.78 is 4.97. The van der Waals surface area contributed by atoms with Gasteiger partial charge in [0, 0.05) is 10.7 Å². The molecular weight excluding hydrogens is 168 g/mol. The van der Waals surface area contributed by atoms with Crippen LogP contribution in [0.3, 0.4) is 0 Å². The van der Waals surface area contributed by atoms with E-state index in [-0.39, 0.29) is 0 Å². The lowest BCUT2D eigenvalue weighted by Gasteiger charge is -1.98. The number of hydrogen-bond donors (Lipinski definition) is 0. The maximum Gasteiger partial charge on any atom is 0.166 e. The van der Waals surface area contributed by atoms with Crippen molar-refractivity contribution in [2.45, 2.75) is 6.92 Å². The molecule has 0 aliphatic carbocycles. The zero-order valence-electron chi connectivity index (χ0n) is 5.50. The zero-order chi connectivity index (χ0) is 7.40. The Balaban J connectivity index is 2.75. The number of benzene rings is 1. The smallest absolute Gasteiger partial charge is 0.166 e. The number of hydrogen-bond acceptors (Lipinski definition) is 2. The van der Waals surface area contributed by atoms with Crippen LogP contribution in [0.1, 0.15) is 5.56 Å². The number of aryl methyl sites for hydroxylation is 1. The van der Waals surface area contributed by atoms with Crippen molar-refractivity contribution in [3.63, 3.8) is 0 Å². The van der Waals surface area contributed by atoms with E-state index in [0.29, 0.717) is 0 Å². The van der Waals surface area contributed by atoms with Crippen LogP contribution in [0, 0.1) is 6.92 Å². The SMILES string of the molecule is Cc1cccc(OSCl)c1. The first-order valence-electron chi connectivity index (χ1n) is 2.85. The Morgan fingerprint density at radius 1 is 1.50 bits per heavy atom. The van der Waals surface area contributed by atoms with Crippen molar-refractivity contribution in [2.24, 2.45) is 0 Å². The molecule has 1 rings (SSSR count). The molecule has 0 amide bonds. The summed E-state index contributed by atoms with van der Waals surface area (Å²) in [6.45, 7) is 2.01. The summed E-state index contributed by atoms with van der Waals surface area (Å²) in [5, 5.41) is 0. The second-order valence-corrected chi connectivity index (χ2v) is 2.63. The van der Waals surface area contributed by atoms with Crippen LogP contribution in [0.2, 0.25) is 0 Å². The van der Waals surface area contributed by atoms with Gasteiger partial charge in [0.1, 0.15) is 5.75 Å². The Bertz CT molecular complexity index is 215. The summed E-state index contributed by atoms with van der Waals surface area (Å²) >= 11 is 0.836. The predicted octanol–water partition coefficient (Wildman–Crippen LogP) is 3.18. The maximum atomic E-state index is 5.28. The van der Waals surface area contributed by atoms with Gasteiger partial charge in [-0.05, 0) is 24.6 Å². The minimum atomic E-state index is 0.792. The molecule has 1 aromatic rings. The van der Waals surface area contributed by atoms with E-state index in [1.165, 1.54) is 5.56 Å². The summed E-state index contributed by atoms with van der Waals surface area (Å²) in [5.41, 5.74) is 1.17. The van der Waals surface area contributed by atoms with Gasteiger partial charge in [-0.3, -0.25) is 0 Å². The molecule has 10 heavy (non-hydrogen) atoms. The van der Waals surface area contributed by atoms with E-state index in [4.69, 9.17) is 14.9 Å². The van der Waals surface area contributed by atoms with Crippen LogP contribution in [0.4, 0.5) is 0 Å². The van der Waals surface area contributed by atoms with E-state index in [9.17, 15) is 0 Å². The van der Waals surface area contributed by atoms with Gasteiger partial charge in [-0.2, -0.15) is 0 Å². The minimum Gasteiger partial charge on any atom is -0.409 e. The van der Waals surface area contributed by atoms with Crippen LogP contribution in [0.25, 0.3) is 0 Å². The first-order chi connectivity index (χ1) is 4.83. The van der Waals surface area contributed by atoms with E-state index >= 15 is 0 Å². The molecule has 1 nitrogen and oxygen atoms in total. The van der Waals surface area contributed by atoms with Crippen LogP contribution < -0.4 is 4.18 Å². The molecule has 0 saturated heterocycles. The molecule has 0 saturated carbocycles. The first kappa shape index (κ1) is 7.76. The van der Waals surface area contributed by atoms with E-state index in [1.807, 2.05) is 31.2 Å². The average Bonchev–Trinajstić information content (AvgIpc) is 1.88. The van der Waals surface area contributed by atoms with Gasteiger partial charge in [-0.15, -0.1) is 0 Å². The van der Waals surface area contributed by atoms with Crippen molar-refractivity contribution in [3.05, 3.63) is 29.8 Å². The Kier molecular flexibility index (Phi) is 2.90. The van der Waals surface area contributed by atoms with Crippen molar-refractivity contribution in [3.8, 4) is 5.75 Å². The highest BCUT2D eigenvalue weighted by atomic mass is 35.7. The van der Waals surface area contributed by atoms with Crippen LogP contribution in [0.5, 0.6) is 5.75 Å². The first-order valence-corrected chi connectivity index (χ1v) is 4.41. The molecular formula is C7H7ClOS. The molecule has 0 N–H and O–H groups in total. The van der Waals surface area contributed by atoms with E-state index in [1.54, 1.807) is 0 Å². The van der Waals surface area contributed by atoms with E-state index in [0.717, 1.165) is 17.0 Å². The summed E-state index contributed by atoms with van der Waals surface area (Å²) in [4.78, 5) is 0. The monoisotopic (exact) mass is 174 g/mol. The second kappa shape index (κ2) is 3.74. The number of rotatable bonds is 2. The highest BCUT2D eigenvalue weighted by Crippen LogP contribution is 2.19. The van der Waals surface area contributed by atoms with Crippen molar-refractivity contribution >= 4 is 21.9 Å². The lowest BCUT2D eigenvalue weighted by atomic mass is 10.2. The lowest BCUT2D eigenvalue weighted by molar-refractivity contribution is 0.655. The third-order valence-corrected chi connectivity index (χ3v) is 1.56. The molecule has 0 bridgehead atoms. The molecule has 0 radical (unpaired) electrons. The minimum absolute atomic E-state index is 0.792. The normalized spacial score (nSPS) is 9.40. The van der Waals surface area contributed by atoms with Gasteiger partial charge < -0.3 is 4.18 Å². The molecule has 3 heteroatoms. The molecule has 0 fully saturated rings. The zero-order valence-corrected chi connectivity index (χ0v) is 7.08. The van der Waals surface area contributed by atoms with E-state index in [2.05, 4.69) is 0 Å². The van der Waals surface area contributed by atoms with Gasteiger partial charge >= 0.3 is 0 Å². The fraction of sp³-hybridized carbons (Fsp3) is 0.143. The third kappa shape index (κ3) is 2.12. The Morgan fingerprint density at radius 2 is 2.30 bits per heavy atom. The number of halogens is 1. The van der Waals surface area contributed by atoms with Gasteiger partial charge in [0.2, 0.25) is 0 Å². The third-order valence-electron chi connectivity index (χ3n) is 1.12. The second-order valence-electron chi connectivity index (χ2n) is 1.96. The molecule has 0 aromatic heterocycles. The summed E-state index contributed by atoms with van der Waals surface area (Å²) in [6.07, 6.45) is 0. The Labute approximate surface area is 69.0 Å². The maximum absolute atomic E-state index is 5.28. The van der Waals surface area contributed by atoms with Crippen molar-refractivity contribution in [2.75, 3.05) is 0 Å². The molecule has 0 aliphatic heterocycles. The summed E-state index contributed by atoms with van der Waals surface area (Å²) in [5.74, 6) is 0.792. The molecule has 54 valence electrons. The van der Waals surface area contributed by atoms with Gasteiger partial charge in [0.05, 0.1) is 0 Å². The van der Waals surface area contributed by atoms with Crippen molar-refractivity contribution in [1.29, 1.82) is 0 Å². The summed E-state index contributed by atoms with van der Waals surface area (Å²) in [7, 11) is 5.28. The molecule has 1 aromatic carbocycles. The quantitative estimate of drug-likeness (QED) is 0.637. The molecule has 0 unspecified atom stereocenters. The van der Waals surface area contributed by atoms with Crippen molar-refractivity contribution in [1.82, 2.24) is 0 Å². The van der Waals surface area contributed by atoms with Crippen molar-refractivity contribution < 1.29 is 4.18 Å². The largest absolute Gasteiger partial charge is 0.409 e. The summed E-state index contributed by atoms with van der Waals surface area (Å²) in [6, 6.07) is 7.72.